The summed E-state index contributed by atoms with van der Waals surface area (Å²) in [4.78, 5) is 14.4. The molecule has 1 atom stereocenters. The van der Waals surface area contributed by atoms with Gasteiger partial charge in [-0.1, -0.05) is 51.8 Å². The summed E-state index contributed by atoms with van der Waals surface area (Å²) in [6, 6.07) is 15.1. The molecule has 1 saturated heterocycles. The lowest BCUT2D eigenvalue weighted by molar-refractivity contribution is -0.0228. The van der Waals surface area contributed by atoms with Gasteiger partial charge in [-0.15, -0.1) is 0 Å². The molecule has 3 rings (SSSR count). The first kappa shape index (κ1) is 15.5. The van der Waals surface area contributed by atoms with Gasteiger partial charge in [0.25, 0.3) is 5.91 Å². The van der Waals surface area contributed by atoms with Crippen molar-refractivity contribution in [2.45, 2.75) is 6.10 Å². The fourth-order valence-corrected chi connectivity index (χ4v) is 3.18. The van der Waals surface area contributed by atoms with Crippen LogP contribution in [0.3, 0.4) is 0 Å². The number of hydrogen-bond acceptors (Lipinski definition) is 2. The van der Waals surface area contributed by atoms with Crippen LogP contribution in [-0.2, 0) is 4.74 Å². The van der Waals surface area contributed by atoms with Crippen molar-refractivity contribution < 1.29 is 9.53 Å². The molecule has 0 saturated carbocycles. The number of rotatable bonds is 2. The van der Waals surface area contributed by atoms with Crippen molar-refractivity contribution in [1.82, 2.24) is 4.90 Å². The molecule has 3 nitrogen and oxygen atoms in total. The molecule has 5 heteroatoms. The number of morpholine rings is 1. The van der Waals surface area contributed by atoms with Crippen LogP contribution in [0.15, 0.2) is 53.0 Å². The number of carbonyl (C=O) groups excluding carboxylic acids is 1. The van der Waals surface area contributed by atoms with Crippen LogP contribution >= 0.6 is 27.5 Å². The average Bonchev–Trinajstić information content (AvgIpc) is 2.55. The smallest absolute Gasteiger partial charge is 0.255 e. The summed E-state index contributed by atoms with van der Waals surface area (Å²) in [6.07, 6.45) is -0.113. The van der Waals surface area contributed by atoms with Crippen LogP contribution < -0.4 is 0 Å². The van der Waals surface area contributed by atoms with Gasteiger partial charge in [0.05, 0.1) is 23.7 Å². The molecule has 0 aliphatic carbocycles. The molecule has 1 aliphatic rings. The van der Waals surface area contributed by atoms with Crippen LogP contribution in [0.25, 0.3) is 0 Å². The molecule has 0 N–H and O–H groups in total. The van der Waals surface area contributed by atoms with Gasteiger partial charge in [-0.05, 0) is 29.8 Å². The molecule has 114 valence electrons. The summed E-state index contributed by atoms with van der Waals surface area (Å²) in [5.41, 5.74) is 1.60. The molecule has 1 amide bonds. The highest BCUT2D eigenvalue weighted by Gasteiger charge is 2.27. The monoisotopic (exact) mass is 379 g/mol. The number of hydrogen-bond donors (Lipinski definition) is 0. The summed E-state index contributed by atoms with van der Waals surface area (Å²) >= 11 is 9.59. The van der Waals surface area contributed by atoms with E-state index in [0.717, 1.165) is 10.0 Å². The van der Waals surface area contributed by atoms with E-state index in [-0.39, 0.29) is 12.0 Å². The zero-order valence-corrected chi connectivity index (χ0v) is 14.2. The molecule has 0 bridgehead atoms. The van der Waals surface area contributed by atoms with Crippen LogP contribution in [0.5, 0.6) is 0 Å². The molecule has 2 aromatic rings. The van der Waals surface area contributed by atoms with Crippen LogP contribution in [0, 0.1) is 0 Å². The van der Waals surface area contributed by atoms with E-state index in [4.69, 9.17) is 16.3 Å². The van der Waals surface area contributed by atoms with E-state index in [2.05, 4.69) is 15.9 Å². The standard InChI is InChI=1S/C17H15BrClNO2/c18-13-5-3-4-12(10-13)16-11-20(8-9-22-16)17(21)14-6-1-2-7-15(14)19/h1-7,10,16H,8-9,11H2. The Bertz CT molecular complexity index is 692. The summed E-state index contributed by atoms with van der Waals surface area (Å²) in [5.74, 6) is -0.0473. The van der Waals surface area contributed by atoms with Gasteiger partial charge in [0, 0.05) is 11.0 Å². The molecule has 0 radical (unpaired) electrons. The normalized spacial score (nSPS) is 18.3. The van der Waals surface area contributed by atoms with E-state index < -0.39 is 0 Å². The van der Waals surface area contributed by atoms with Gasteiger partial charge in [0.2, 0.25) is 0 Å². The second-order valence-electron chi connectivity index (χ2n) is 5.15. The maximum absolute atomic E-state index is 12.6. The van der Waals surface area contributed by atoms with Crippen molar-refractivity contribution in [3.05, 3.63) is 69.2 Å². The zero-order valence-electron chi connectivity index (χ0n) is 11.8. The SMILES string of the molecule is O=C(c1ccccc1Cl)N1CCOC(c2cccc(Br)c2)C1. The van der Waals surface area contributed by atoms with E-state index in [1.54, 1.807) is 17.0 Å². The van der Waals surface area contributed by atoms with Crippen LogP contribution in [0.2, 0.25) is 5.02 Å². The van der Waals surface area contributed by atoms with E-state index in [1.807, 2.05) is 36.4 Å². The molecule has 22 heavy (non-hydrogen) atoms. The summed E-state index contributed by atoms with van der Waals surface area (Å²) in [6.45, 7) is 1.63. The fraction of sp³-hybridized carbons (Fsp3) is 0.235. The molecule has 2 aromatic carbocycles. The van der Waals surface area contributed by atoms with E-state index in [9.17, 15) is 4.79 Å². The Hall–Kier alpha value is -1.36. The topological polar surface area (TPSA) is 29.5 Å². The Morgan fingerprint density at radius 1 is 1.23 bits per heavy atom. The number of carbonyl (C=O) groups is 1. The van der Waals surface area contributed by atoms with Gasteiger partial charge >= 0.3 is 0 Å². The van der Waals surface area contributed by atoms with E-state index in [0.29, 0.717) is 30.3 Å². The first-order valence-corrected chi connectivity index (χ1v) is 8.23. The van der Waals surface area contributed by atoms with Gasteiger partial charge in [0.15, 0.2) is 0 Å². The quantitative estimate of drug-likeness (QED) is 0.777. The number of amides is 1. The van der Waals surface area contributed by atoms with Crippen molar-refractivity contribution >= 4 is 33.4 Å². The third kappa shape index (κ3) is 3.35. The second-order valence-corrected chi connectivity index (χ2v) is 6.47. The lowest BCUT2D eigenvalue weighted by atomic mass is 10.1. The Morgan fingerprint density at radius 2 is 2.05 bits per heavy atom. The zero-order chi connectivity index (χ0) is 15.5. The van der Waals surface area contributed by atoms with Gasteiger partial charge in [-0.3, -0.25) is 4.79 Å². The molecule has 0 spiro atoms. The lowest BCUT2D eigenvalue weighted by Gasteiger charge is -2.33. The average molecular weight is 381 g/mol. The van der Waals surface area contributed by atoms with Crippen molar-refractivity contribution in [2.75, 3.05) is 19.7 Å². The fourth-order valence-electron chi connectivity index (χ4n) is 2.55. The third-order valence-corrected chi connectivity index (χ3v) is 4.50. The highest BCUT2D eigenvalue weighted by molar-refractivity contribution is 9.10. The third-order valence-electron chi connectivity index (χ3n) is 3.68. The first-order valence-electron chi connectivity index (χ1n) is 7.06. The number of nitrogens with zero attached hydrogens (tertiary/aromatic N) is 1. The molecule has 1 unspecified atom stereocenters. The minimum atomic E-state index is -0.113. The lowest BCUT2D eigenvalue weighted by Crippen LogP contribution is -2.42. The van der Waals surface area contributed by atoms with Crippen LogP contribution in [0.1, 0.15) is 22.0 Å². The van der Waals surface area contributed by atoms with Crippen LogP contribution in [0.4, 0.5) is 0 Å². The van der Waals surface area contributed by atoms with Gasteiger partial charge in [-0.2, -0.15) is 0 Å². The first-order chi connectivity index (χ1) is 10.6. The largest absolute Gasteiger partial charge is 0.370 e. The molecule has 1 heterocycles. The highest BCUT2D eigenvalue weighted by Crippen LogP contribution is 2.26. The Labute approximate surface area is 143 Å². The maximum atomic E-state index is 12.6. The van der Waals surface area contributed by atoms with Crippen molar-refractivity contribution in [3.8, 4) is 0 Å². The molecule has 0 aromatic heterocycles. The predicted octanol–water partition coefficient (Wildman–Crippen LogP) is 4.32. The van der Waals surface area contributed by atoms with E-state index in [1.165, 1.54) is 0 Å². The summed E-state index contributed by atoms with van der Waals surface area (Å²) < 4.78 is 6.82. The Kier molecular flexibility index (Phi) is 4.81. The minimum absolute atomic E-state index is 0.0473. The Morgan fingerprint density at radius 3 is 2.82 bits per heavy atom. The minimum Gasteiger partial charge on any atom is -0.370 e. The molecule has 1 fully saturated rings. The summed E-state index contributed by atoms with van der Waals surface area (Å²) in [7, 11) is 0. The number of halogens is 2. The maximum Gasteiger partial charge on any atom is 0.255 e. The Balaban J connectivity index is 1.78. The van der Waals surface area contributed by atoms with Crippen LogP contribution in [-0.4, -0.2) is 30.5 Å². The molecule has 1 aliphatic heterocycles. The molecular formula is C17H15BrClNO2. The van der Waals surface area contributed by atoms with Gasteiger partial charge in [0.1, 0.15) is 6.10 Å². The number of benzene rings is 2. The highest BCUT2D eigenvalue weighted by atomic mass is 79.9. The van der Waals surface area contributed by atoms with Crippen molar-refractivity contribution in [3.63, 3.8) is 0 Å². The summed E-state index contributed by atoms with van der Waals surface area (Å²) in [5, 5.41) is 0.484. The predicted molar refractivity (Wildman–Crippen MR) is 90.2 cm³/mol. The van der Waals surface area contributed by atoms with Gasteiger partial charge < -0.3 is 9.64 Å². The number of ether oxygens (including phenoxy) is 1. The van der Waals surface area contributed by atoms with Gasteiger partial charge in [-0.25, -0.2) is 0 Å². The van der Waals surface area contributed by atoms with E-state index >= 15 is 0 Å². The van der Waals surface area contributed by atoms with Crippen molar-refractivity contribution in [1.29, 1.82) is 0 Å². The second kappa shape index (κ2) is 6.82. The molecular weight excluding hydrogens is 366 g/mol. The van der Waals surface area contributed by atoms with Crippen molar-refractivity contribution in [2.24, 2.45) is 0 Å².